The SMILES string of the molecule is COc1cc(C(C)NC(=O)CCCOc2ccccc2Br)ccc1OC(C)C. The number of hydrogen-bond donors (Lipinski definition) is 1. The summed E-state index contributed by atoms with van der Waals surface area (Å²) in [6, 6.07) is 13.3. The smallest absolute Gasteiger partial charge is 0.220 e. The summed E-state index contributed by atoms with van der Waals surface area (Å²) in [6.07, 6.45) is 1.11. The minimum Gasteiger partial charge on any atom is -0.493 e. The molecule has 1 unspecified atom stereocenters. The molecule has 0 aliphatic carbocycles. The van der Waals surface area contributed by atoms with Crippen LogP contribution < -0.4 is 19.5 Å². The van der Waals surface area contributed by atoms with Crippen LogP contribution in [0.2, 0.25) is 0 Å². The molecule has 0 aliphatic heterocycles. The maximum atomic E-state index is 12.2. The van der Waals surface area contributed by atoms with Gasteiger partial charge in [-0.15, -0.1) is 0 Å². The summed E-state index contributed by atoms with van der Waals surface area (Å²) in [5.41, 5.74) is 0.964. The van der Waals surface area contributed by atoms with E-state index in [9.17, 15) is 4.79 Å². The summed E-state index contributed by atoms with van der Waals surface area (Å²) in [5, 5.41) is 3.02. The van der Waals surface area contributed by atoms with Crippen LogP contribution in [0.15, 0.2) is 46.9 Å². The molecule has 2 aromatic carbocycles. The van der Waals surface area contributed by atoms with Crippen LogP contribution in [0.1, 0.15) is 45.2 Å². The van der Waals surface area contributed by atoms with Crippen molar-refractivity contribution in [2.45, 2.75) is 45.8 Å². The molecule has 1 N–H and O–H groups in total. The van der Waals surface area contributed by atoms with Crippen LogP contribution in [0.3, 0.4) is 0 Å². The van der Waals surface area contributed by atoms with Crippen LogP contribution in [0.25, 0.3) is 0 Å². The summed E-state index contributed by atoms with van der Waals surface area (Å²) < 4.78 is 17.8. The Balaban J connectivity index is 1.82. The van der Waals surface area contributed by atoms with E-state index < -0.39 is 0 Å². The molecule has 152 valence electrons. The van der Waals surface area contributed by atoms with Gasteiger partial charge in [-0.2, -0.15) is 0 Å². The molecule has 6 heteroatoms. The van der Waals surface area contributed by atoms with E-state index in [0.717, 1.165) is 15.8 Å². The zero-order chi connectivity index (χ0) is 20.5. The number of carbonyl (C=O) groups excluding carboxylic acids is 1. The van der Waals surface area contributed by atoms with Crippen LogP contribution in [-0.4, -0.2) is 25.7 Å². The molecule has 5 nitrogen and oxygen atoms in total. The van der Waals surface area contributed by atoms with Crippen LogP contribution >= 0.6 is 15.9 Å². The van der Waals surface area contributed by atoms with Crippen molar-refractivity contribution in [3.8, 4) is 17.2 Å². The van der Waals surface area contributed by atoms with Gasteiger partial charge in [0.1, 0.15) is 5.75 Å². The van der Waals surface area contributed by atoms with Gasteiger partial charge in [0.2, 0.25) is 5.91 Å². The maximum Gasteiger partial charge on any atom is 0.220 e. The molecule has 0 aliphatic rings. The summed E-state index contributed by atoms with van der Waals surface area (Å²) in [6.45, 7) is 6.37. The van der Waals surface area contributed by atoms with Gasteiger partial charge < -0.3 is 19.5 Å². The third-order valence-electron chi connectivity index (χ3n) is 4.07. The number of para-hydroxylation sites is 1. The molecule has 0 saturated heterocycles. The first-order valence-corrected chi connectivity index (χ1v) is 10.2. The fraction of sp³-hybridized carbons (Fsp3) is 0.409. The normalized spacial score (nSPS) is 11.8. The molecule has 0 aromatic heterocycles. The third-order valence-corrected chi connectivity index (χ3v) is 4.73. The lowest BCUT2D eigenvalue weighted by atomic mass is 10.1. The number of nitrogens with one attached hydrogen (secondary N) is 1. The van der Waals surface area contributed by atoms with Crippen LogP contribution in [-0.2, 0) is 4.79 Å². The van der Waals surface area contributed by atoms with Crippen molar-refractivity contribution in [1.29, 1.82) is 0 Å². The predicted molar refractivity (Wildman–Crippen MR) is 114 cm³/mol. The van der Waals surface area contributed by atoms with Gasteiger partial charge in [0, 0.05) is 6.42 Å². The molecule has 2 aromatic rings. The number of hydrogen-bond acceptors (Lipinski definition) is 4. The Hall–Kier alpha value is -2.21. The standard InChI is InChI=1S/C22H28BrNO4/c1-15(2)28-20-12-11-17(14-21(20)26-4)16(3)24-22(25)10-7-13-27-19-9-6-5-8-18(19)23/h5-6,8-9,11-12,14-16H,7,10,13H2,1-4H3,(H,24,25). The van der Waals surface area contributed by atoms with Crippen molar-refractivity contribution in [2.75, 3.05) is 13.7 Å². The molecule has 0 heterocycles. The van der Waals surface area contributed by atoms with Gasteiger partial charge in [0.15, 0.2) is 11.5 Å². The second-order valence-corrected chi connectivity index (χ2v) is 7.60. The Labute approximate surface area is 175 Å². The number of halogens is 1. The van der Waals surface area contributed by atoms with Crippen molar-refractivity contribution in [3.05, 3.63) is 52.5 Å². The fourth-order valence-corrected chi connectivity index (χ4v) is 3.08. The average Bonchev–Trinajstić information content (AvgIpc) is 2.66. The van der Waals surface area contributed by atoms with Gasteiger partial charge in [-0.3, -0.25) is 4.79 Å². The topological polar surface area (TPSA) is 56.8 Å². The Bertz CT molecular complexity index is 779. The molecule has 0 fully saturated rings. The Morgan fingerprint density at radius 1 is 1.07 bits per heavy atom. The third kappa shape index (κ3) is 6.75. The Kier molecular flexibility index (Phi) is 8.64. The minimum absolute atomic E-state index is 0.00954. The second kappa shape index (κ2) is 11.0. The monoisotopic (exact) mass is 449 g/mol. The molecule has 1 amide bonds. The largest absolute Gasteiger partial charge is 0.493 e. The molecule has 1 atom stereocenters. The van der Waals surface area contributed by atoms with E-state index in [4.69, 9.17) is 14.2 Å². The maximum absolute atomic E-state index is 12.2. The predicted octanol–water partition coefficient (Wildman–Crippen LogP) is 5.28. The van der Waals surface area contributed by atoms with E-state index in [0.29, 0.717) is 30.9 Å². The van der Waals surface area contributed by atoms with E-state index in [1.54, 1.807) is 7.11 Å². The van der Waals surface area contributed by atoms with E-state index in [1.807, 2.05) is 63.2 Å². The quantitative estimate of drug-likeness (QED) is 0.501. The van der Waals surface area contributed by atoms with Gasteiger partial charge in [0.05, 0.1) is 30.3 Å². The van der Waals surface area contributed by atoms with Crippen molar-refractivity contribution in [2.24, 2.45) is 0 Å². The number of amides is 1. The minimum atomic E-state index is -0.126. The highest BCUT2D eigenvalue weighted by Crippen LogP contribution is 2.31. The molecule has 28 heavy (non-hydrogen) atoms. The fourth-order valence-electron chi connectivity index (χ4n) is 2.68. The number of methoxy groups -OCH3 is 1. The first-order valence-electron chi connectivity index (χ1n) is 9.42. The molecule has 0 spiro atoms. The second-order valence-electron chi connectivity index (χ2n) is 6.75. The van der Waals surface area contributed by atoms with Crippen molar-refractivity contribution in [3.63, 3.8) is 0 Å². The van der Waals surface area contributed by atoms with Gasteiger partial charge in [-0.25, -0.2) is 0 Å². The van der Waals surface area contributed by atoms with E-state index in [1.165, 1.54) is 0 Å². The molecule has 0 bridgehead atoms. The highest BCUT2D eigenvalue weighted by Gasteiger charge is 2.14. The van der Waals surface area contributed by atoms with E-state index >= 15 is 0 Å². The number of rotatable bonds is 10. The Morgan fingerprint density at radius 3 is 2.50 bits per heavy atom. The summed E-state index contributed by atoms with van der Waals surface area (Å²) in [4.78, 5) is 12.2. The molecule has 0 saturated carbocycles. The van der Waals surface area contributed by atoms with Crippen molar-refractivity contribution in [1.82, 2.24) is 5.32 Å². The lowest BCUT2D eigenvalue weighted by Crippen LogP contribution is -2.26. The number of benzene rings is 2. The van der Waals surface area contributed by atoms with E-state index in [-0.39, 0.29) is 18.1 Å². The summed E-state index contributed by atoms with van der Waals surface area (Å²) >= 11 is 3.44. The lowest BCUT2D eigenvalue weighted by Gasteiger charge is -2.18. The zero-order valence-corrected chi connectivity index (χ0v) is 18.4. The molecule has 0 radical (unpaired) electrons. The lowest BCUT2D eigenvalue weighted by molar-refractivity contribution is -0.121. The van der Waals surface area contributed by atoms with Gasteiger partial charge >= 0.3 is 0 Å². The average molecular weight is 450 g/mol. The zero-order valence-electron chi connectivity index (χ0n) is 16.8. The highest BCUT2D eigenvalue weighted by atomic mass is 79.9. The first-order chi connectivity index (χ1) is 13.4. The Morgan fingerprint density at radius 2 is 1.82 bits per heavy atom. The van der Waals surface area contributed by atoms with Crippen molar-refractivity contribution < 1.29 is 19.0 Å². The first kappa shape index (κ1) is 22.1. The molecular formula is C22H28BrNO4. The summed E-state index contributed by atoms with van der Waals surface area (Å²) in [7, 11) is 1.61. The highest BCUT2D eigenvalue weighted by molar-refractivity contribution is 9.10. The van der Waals surface area contributed by atoms with Crippen LogP contribution in [0.5, 0.6) is 17.2 Å². The van der Waals surface area contributed by atoms with Gasteiger partial charge in [-0.1, -0.05) is 18.2 Å². The number of ether oxygens (including phenoxy) is 3. The molecule has 2 rings (SSSR count). The van der Waals surface area contributed by atoms with E-state index in [2.05, 4.69) is 21.2 Å². The van der Waals surface area contributed by atoms with Crippen molar-refractivity contribution >= 4 is 21.8 Å². The van der Waals surface area contributed by atoms with Crippen LogP contribution in [0.4, 0.5) is 0 Å². The summed E-state index contributed by atoms with van der Waals surface area (Å²) in [5.74, 6) is 2.13. The molecular weight excluding hydrogens is 422 g/mol. The van der Waals surface area contributed by atoms with Gasteiger partial charge in [-0.05, 0) is 73.0 Å². The number of carbonyl (C=O) groups is 1. The van der Waals surface area contributed by atoms with Crippen LogP contribution in [0, 0.1) is 0 Å². The van der Waals surface area contributed by atoms with Gasteiger partial charge in [0.25, 0.3) is 0 Å².